The van der Waals surface area contributed by atoms with Crippen molar-refractivity contribution < 1.29 is 4.79 Å². The van der Waals surface area contributed by atoms with Crippen LogP contribution in [0.2, 0.25) is 0 Å². The fourth-order valence-electron chi connectivity index (χ4n) is 1.74. The molecule has 1 amide bonds. The molecule has 17 heavy (non-hydrogen) atoms. The molecule has 5 heteroatoms. The summed E-state index contributed by atoms with van der Waals surface area (Å²) in [7, 11) is 2.14. The van der Waals surface area contributed by atoms with Crippen LogP contribution < -0.4 is 10.6 Å². The van der Waals surface area contributed by atoms with Crippen LogP contribution >= 0.6 is 0 Å². The maximum atomic E-state index is 11.3. The molecule has 0 bridgehead atoms. The topological polar surface area (TPSA) is 47.6 Å². The lowest BCUT2D eigenvalue weighted by Crippen LogP contribution is -2.47. The number of nitrogens with one attached hydrogen (secondary N) is 2. The van der Waals surface area contributed by atoms with Crippen molar-refractivity contribution in [1.82, 2.24) is 20.4 Å². The van der Waals surface area contributed by atoms with E-state index in [1.165, 1.54) is 0 Å². The van der Waals surface area contributed by atoms with Crippen molar-refractivity contribution in [3.8, 4) is 12.3 Å². The first-order valence-electron chi connectivity index (χ1n) is 6.04. The molecule has 1 heterocycles. The van der Waals surface area contributed by atoms with Crippen molar-refractivity contribution in [2.24, 2.45) is 0 Å². The molecule has 5 nitrogen and oxygen atoms in total. The van der Waals surface area contributed by atoms with Gasteiger partial charge in [0.2, 0.25) is 5.91 Å². The second-order valence-electron chi connectivity index (χ2n) is 4.30. The van der Waals surface area contributed by atoms with Crippen molar-refractivity contribution in [3.05, 3.63) is 0 Å². The van der Waals surface area contributed by atoms with Crippen LogP contribution in [-0.4, -0.2) is 75.1 Å². The summed E-state index contributed by atoms with van der Waals surface area (Å²) < 4.78 is 0. The van der Waals surface area contributed by atoms with Gasteiger partial charge in [-0.1, -0.05) is 5.92 Å². The molecular formula is C12H22N4O. The van der Waals surface area contributed by atoms with Gasteiger partial charge in [0.05, 0.1) is 13.1 Å². The van der Waals surface area contributed by atoms with Gasteiger partial charge in [-0.2, -0.15) is 0 Å². The summed E-state index contributed by atoms with van der Waals surface area (Å²) in [5, 5.41) is 5.74. The summed E-state index contributed by atoms with van der Waals surface area (Å²) in [6.07, 6.45) is 5.07. The zero-order valence-corrected chi connectivity index (χ0v) is 10.5. The first kappa shape index (κ1) is 14.0. The van der Waals surface area contributed by atoms with Gasteiger partial charge in [0, 0.05) is 39.3 Å². The monoisotopic (exact) mass is 238 g/mol. The molecule has 2 N–H and O–H groups in total. The van der Waals surface area contributed by atoms with E-state index >= 15 is 0 Å². The Kier molecular flexibility index (Phi) is 6.63. The van der Waals surface area contributed by atoms with Crippen LogP contribution in [0.3, 0.4) is 0 Å². The Hall–Kier alpha value is -1.09. The largest absolute Gasteiger partial charge is 0.354 e. The van der Waals surface area contributed by atoms with E-state index in [-0.39, 0.29) is 5.91 Å². The minimum absolute atomic E-state index is 0.00868. The van der Waals surface area contributed by atoms with Crippen LogP contribution in [0.4, 0.5) is 0 Å². The van der Waals surface area contributed by atoms with Crippen molar-refractivity contribution in [2.75, 3.05) is 59.4 Å². The molecule has 1 aliphatic rings. The number of amides is 1. The van der Waals surface area contributed by atoms with Crippen LogP contribution in [0.25, 0.3) is 0 Å². The van der Waals surface area contributed by atoms with Crippen LogP contribution in [0.1, 0.15) is 0 Å². The number of likely N-dealkylation sites (N-methyl/N-ethyl adjacent to an activating group) is 1. The number of terminal acetylenes is 1. The van der Waals surface area contributed by atoms with Gasteiger partial charge in [0.1, 0.15) is 0 Å². The van der Waals surface area contributed by atoms with E-state index in [0.29, 0.717) is 19.6 Å². The summed E-state index contributed by atoms with van der Waals surface area (Å²) in [5.74, 6) is 2.44. The van der Waals surface area contributed by atoms with E-state index in [1.54, 1.807) is 0 Å². The van der Waals surface area contributed by atoms with Gasteiger partial charge in [0.25, 0.3) is 0 Å². The number of rotatable bonds is 6. The van der Waals surface area contributed by atoms with Gasteiger partial charge >= 0.3 is 0 Å². The second kappa shape index (κ2) is 8.07. The number of carbonyl (C=O) groups is 1. The third-order valence-electron chi connectivity index (χ3n) is 2.86. The first-order valence-corrected chi connectivity index (χ1v) is 6.04. The Labute approximate surface area is 104 Å². The second-order valence-corrected chi connectivity index (χ2v) is 4.30. The minimum Gasteiger partial charge on any atom is -0.354 e. The number of hydrogen-bond donors (Lipinski definition) is 2. The average molecular weight is 238 g/mol. The quantitative estimate of drug-likeness (QED) is 0.440. The molecule has 1 rings (SSSR count). The normalized spacial score (nSPS) is 17.6. The fraction of sp³-hybridized carbons (Fsp3) is 0.750. The van der Waals surface area contributed by atoms with Gasteiger partial charge < -0.3 is 10.2 Å². The smallest absolute Gasteiger partial charge is 0.234 e. The fourth-order valence-corrected chi connectivity index (χ4v) is 1.74. The molecule has 0 unspecified atom stereocenters. The predicted octanol–water partition coefficient (Wildman–Crippen LogP) is -1.43. The molecule has 0 aliphatic carbocycles. The molecule has 0 radical (unpaired) electrons. The molecule has 1 aliphatic heterocycles. The summed E-state index contributed by atoms with van der Waals surface area (Å²) in [6, 6.07) is 0. The first-order chi connectivity index (χ1) is 8.22. The third-order valence-corrected chi connectivity index (χ3v) is 2.86. The van der Waals surface area contributed by atoms with Gasteiger partial charge in [-0.05, 0) is 7.05 Å². The van der Waals surface area contributed by atoms with Gasteiger partial charge in [-0.25, -0.2) is 0 Å². The third kappa shape index (κ3) is 6.27. The van der Waals surface area contributed by atoms with E-state index in [2.05, 4.69) is 33.4 Å². The van der Waals surface area contributed by atoms with E-state index in [4.69, 9.17) is 6.42 Å². The molecule has 1 saturated heterocycles. The molecule has 0 atom stereocenters. The highest BCUT2D eigenvalue weighted by Crippen LogP contribution is 1.97. The van der Waals surface area contributed by atoms with Crippen LogP contribution in [-0.2, 0) is 4.79 Å². The van der Waals surface area contributed by atoms with E-state index in [0.717, 1.165) is 32.7 Å². The van der Waals surface area contributed by atoms with Crippen LogP contribution in [0.15, 0.2) is 0 Å². The highest BCUT2D eigenvalue weighted by molar-refractivity contribution is 5.77. The van der Waals surface area contributed by atoms with Crippen molar-refractivity contribution >= 4 is 5.91 Å². The predicted molar refractivity (Wildman–Crippen MR) is 68.6 cm³/mol. The van der Waals surface area contributed by atoms with Crippen molar-refractivity contribution in [2.45, 2.75) is 0 Å². The summed E-state index contributed by atoms with van der Waals surface area (Å²) in [5.41, 5.74) is 0. The summed E-state index contributed by atoms with van der Waals surface area (Å²) in [6.45, 7) is 6.76. The number of piperazine rings is 1. The van der Waals surface area contributed by atoms with Crippen molar-refractivity contribution in [3.63, 3.8) is 0 Å². The minimum atomic E-state index is 0.00868. The molecular weight excluding hydrogens is 216 g/mol. The lowest BCUT2D eigenvalue weighted by atomic mass is 10.3. The Morgan fingerprint density at radius 3 is 2.71 bits per heavy atom. The lowest BCUT2D eigenvalue weighted by Gasteiger charge is -2.32. The highest BCUT2D eigenvalue weighted by atomic mass is 16.1. The zero-order chi connectivity index (χ0) is 12.5. The maximum absolute atomic E-state index is 11.3. The molecule has 0 saturated carbocycles. The molecule has 96 valence electrons. The van der Waals surface area contributed by atoms with Gasteiger partial charge in [-0.15, -0.1) is 6.42 Å². The summed E-state index contributed by atoms with van der Waals surface area (Å²) >= 11 is 0. The van der Waals surface area contributed by atoms with Gasteiger partial charge in [0.15, 0.2) is 0 Å². The van der Waals surface area contributed by atoms with E-state index < -0.39 is 0 Å². The van der Waals surface area contributed by atoms with Crippen LogP contribution in [0.5, 0.6) is 0 Å². The zero-order valence-electron chi connectivity index (χ0n) is 10.5. The highest BCUT2D eigenvalue weighted by Gasteiger charge is 2.12. The average Bonchev–Trinajstić information content (AvgIpc) is 2.32. The number of nitrogens with zero attached hydrogens (tertiary/aromatic N) is 2. The summed E-state index contributed by atoms with van der Waals surface area (Å²) in [4.78, 5) is 16.0. The number of carbonyl (C=O) groups excluding carboxylic acids is 1. The maximum Gasteiger partial charge on any atom is 0.234 e. The lowest BCUT2D eigenvalue weighted by molar-refractivity contribution is -0.120. The Bertz CT molecular complexity index is 266. The molecule has 0 aromatic carbocycles. The van der Waals surface area contributed by atoms with E-state index in [9.17, 15) is 4.79 Å². The van der Waals surface area contributed by atoms with Crippen LogP contribution in [0, 0.1) is 12.3 Å². The molecule has 1 fully saturated rings. The van der Waals surface area contributed by atoms with Gasteiger partial charge in [-0.3, -0.25) is 15.0 Å². The SMILES string of the molecule is C#CCNCC(=O)NCCN1CCN(C)CC1. The Morgan fingerprint density at radius 1 is 1.35 bits per heavy atom. The van der Waals surface area contributed by atoms with E-state index in [1.807, 2.05) is 0 Å². The standard InChI is InChI=1S/C12H22N4O/c1-3-4-13-11-12(17)14-5-6-16-9-7-15(2)8-10-16/h1,13H,4-11H2,2H3,(H,14,17). The number of hydrogen-bond acceptors (Lipinski definition) is 4. The molecule has 0 spiro atoms. The Balaban J connectivity index is 2.00. The van der Waals surface area contributed by atoms with Crippen molar-refractivity contribution in [1.29, 1.82) is 0 Å². The molecule has 0 aromatic rings. The Morgan fingerprint density at radius 2 is 2.06 bits per heavy atom. The molecule has 0 aromatic heterocycles.